The maximum atomic E-state index is 13.6. The van der Waals surface area contributed by atoms with E-state index in [1.54, 1.807) is 6.07 Å². The molecule has 1 atom stereocenters. The predicted octanol–water partition coefficient (Wildman–Crippen LogP) is 6.55. The van der Waals surface area contributed by atoms with Crippen LogP contribution in [0.5, 0.6) is 5.75 Å². The SMILES string of the molecule is CCCCCCCCOc1ccc(-c2noc(C3CCCN3)n2)cc1C(F)(F)F.O=C(O)C(F)(F)F. The third-order valence-corrected chi connectivity index (χ3v) is 5.34. The number of aromatic nitrogens is 2. The molecule has 1 aromatic heterocycles. The molecule has 0 saturated carbocycles. The van der Waals surface area contributed by atoms with Gasteiger partial charge in [0.15, 0.2) is 0 Å². The smallest absolute Gasteiger partial charge is 0.490 e. The monoisotopic (exact) mass is 525 g/mol. The molecule has 0 radical (unpaired) electrons. The van der Waals surface area contributed by atoms with Crippen molar-refractivity contribution in [1.82, 2.24) is 15.5 Å². The van der Waals surface area contributed by atoms with E-state index in [1.165, 1.54) is 12.5 Å². The molecule has 0 amide bonds. The van der Waals surface area contributed by atoms with Crippen LogP contribution in [-0.4, -0.2) is 40.5 Å². The highest BCUT2D eigenvalue weighted by Gasteiger charge is 2.38. The Bertz CT molecular complexity index is 956. The van der Waals surface area contributed by atoms with Crippen molar-refractivity contribution in [1.29, 1.82) is 0 Å². The number of carbonyl (C=O) groups is 1. The molecule has 1 aromatic carbocycles. The van der Waals surface area contributed by atoms with Crippen molar-refractivity contribution in [3.8, 4) is 17.1 Å². The summed E-state index contributed by atoms with van der Waals surface area (Å²) < 4.78 is 83.1. The number of halogens is 6. The summed E-state index contributed by atoms with van der Waals surface area (Å²) in [6.45, 7) is 3.28. The van der Waals surface area contributed by atoms with Gasteiger partial charge in [-0.05, 0) is 44.0 Å². The molecule has 3 rings (SSSR count). The van der Waals surface area contributed by atoms with Gasteiger partial charge in [-0.15, -0.1) is 0 Å². The number of unbranched alkanes of at least 4 members (excludes halogenated alkanes) is 5. The van der Waals surface area contributed by atoms with Crippen LogP contribution in [0, 0.1) is 0 Å². The lowest BCUT2D eigenvalue weighted by Crippen LogP contribution is -2.21. The summed E-state index contributed by atoms with van der Waals surface area (Å²) in [6.07, 6.45) is -1.43. The lowest BCUT2D eigenvalue weighted by molar-refractivity contribution is -0.192. The molecule has 2 heterocycles. The fraction of sp³-hybridized carbons (Fsp3) is 0.609. The molecular weight excluding hydrogens is 496 g/mol. The van der Waals surface area contributed by atoms with Gasteiger partial charge in [-0.2, -0.15) is 31.3 Å². The first kappa shape index (κ1) is 29.4. The Morgan fingerprint density at radius 3 is 2.39 bits per heavy atom. The lowest BCUT2D eigenvalue weighted by atomic mass is 10.1. The second-order valence-electron chi connectivity index (χ2n) is 8.23. The zero-order valence-corrected chi connectivity index (χ0v) is 19.7. The van der Waals surface area contributed by atoms with Crippen molar-refractivity contribution in [3.05, 3.63) is 29.7 Å². The topological polar surface area (TPSA) is 97.5 Å². The van der Waals surface area contributed by atoms with E-state index in [-0.39, 0.29) is 29.8 Å². The van der Waals surface area contributed by atoms with E-state index >= 15 is 0 Å². The Morgan fingerprint density at radius 2 is 1.81 bits per heavy atom. The average molecular weight is 525 g/mol. The molecule has 13 heteroatoms. The number of carboxylic acid groups (broad SMARTS) is 1. The summed E-state index contributed by atoms with van der Waals surface area (Å²) in [5.41, 5.74) is -0.552. The number of hydrogen-bond donors (Lipinski definition) is 2. The van der Waals surface area contributed by atoms with Crippen LogP contribution in [0.2, 0.25) is 0 Å². The predicted molar refractivity (Wildman–Crippen MR) is 117 cm³/mol. The van der Waals surface area contributed by atoms with E-state index in [0.29, 0.717) is 5.89 Å². The molecule has 0 spiro atoms. The van der Waals surface area contributed by atoms with Crippen LogP contribution >= 0.6 is 0 Å². The molecular formula is C23H29F6N3O4. The number of carboxylic acids is 1. The van der Waals surface area contributed by atoms with Crippen LogP contribution in [0.4, 0.5) is 26.3 Å². The molecule has 36 heavy (non-hydrogen) atoms. The van der Waals surface area contributed by atoms with Crippen LogP contribution < -0.4 is 10.1 Å². The maximum absolute atomic E-state index is 13.6. The van der Waals surface area contributed by atoms with E-state index in [1.807, 2.05) is 0 Å². The minimum absolute atomic E-state index is 0.0294. The van der Waals surface area contributed by atoms with Gasteiger partial charge in [0.05, 0.1) is 18.2 Å². The number of hydrogen-bond acceptors (Lipinski definition) is 6. The highest BCUT2D eigenvalue weighted by atomic mass is 19.4. The Hall–Kier alpha value is -2.83. The van der Waals surface area contributed by atoms with E-state index < -0.39 is 23.9 Å². The van der Waals surface area contributed by atoms with Gasteiger partial charge in [-0.3, -0.25) is 0 Å². The van der Waals surface area contributed by atoms with E-state index in [4.69, 9.17) is 19.2 Å². The van der Waals surface area contributed by atoms with Gasteiger partial charge in [-0.1, -0.05) is 44.2 Å². The second kappa shape index (κ2) is 13.5. The van der Waals surface area contributed by atoms with Gasteiger partial charge in [-0.25, -0.2) is 4.79 Å². The largest absolute Gasteiger partial charge is 0.493 e. The van der Waals surface area contributed by atoms with Crippen LogP contribution in [0.25, 0.3) is 11.4 Å². The minimum Gasteiger partial charge on any atom is -0.493 e. The molecule has 7 nitrogen and oxygen atoms in total. The van der Waals surface area contributed by atoms with Crippen molar-refractivity contribution in [3.63, 3.8) is 0 Å². The normalized spacial score (nSPS) is 15.9. The number of nitrogens with zero attached hydrogens (tertiary/aromatic N) is 2. The highest BCUT2D eigenvalue weighted by Crippen LogP contribution is 2.38. The summed E-state index contributed by atoms with van der Waals surface area (Å²) in [5, 5.41) is 14.2. The molecule has 1 fully saturated rings. The summed E-state index contributed by atoms with van der Waals surface area (Å²) in [4.78, 5) is 13.2. The minimum atomic E-state index is -5.08. The molecule has 202 valence electrons. The first-order chi connectivity index (χ1) is 16.9. The number of nitrogens with one attached hydrogen (secondary N) is 1. The highest BCUT2D eigenvalue weighted by molar-refractivity contribution is 5.73. The zero-order chi connectivity index (χ0) is 26.8. The van der Waals surface area contributed by atoms with E-state index in [2.05, 4.69) is 22.4 Å². The number of aliphatic carboxylic acids is 1. The van der Waals surface area contributed by atoms with Crippen molar-refractivity contribution in [2.24, 2.45) is 0 Å². The molecule has 2 N–H and O–H groups in total. The van der Waals surface area contributed by atoms with Crippen molar-refractivity contribution < 1.29 is 45.5 Å². The Labute approximate surface area is 204 Å². The van der Waals surface area contributed by atoms with Crippen molar-refractivity contribution in [2.75, 3.05) is 13.2 Å². The number of benzene rings is 1. The number of alkyl halides is 6. The Morgan fingerprint density at radius 1 is 1.14 bits per heavy atom. The molecule has 1 unspecified atom stereocenters. The molecule has 0 aliphatic carbocycles. The van der Waals surface area contributed by atoms with E-state index in [0.717, 1.165) is 57.6 Å². The summed E-state index contributed by atoms with van der Waals surface area (Å²) >= 11 is 0. The van der Waals surface area contributed by atoms with Crippen LogP contribution in [0.1, 0.15) is 75.8 Å². The first-order valence-electron chi connectivity index (χ1n) is 11.6. The second-order valence-corrected chi connectivity index (χ2v) is 8.23. The Balaban J connectivity index is 0.000000572. The quantitative estimate of drug-likeness (QED) is 0.268. The molecule has 2 aromatic rings. The summed E-state index contributed by atoms with van der Waals surface area (Å²) in [5.74, 6) is -2.35. The molecule has 1 aliphatic heterocycles. The summed E-state index contributed by atoms with van der Waals surface area (Å²) in [6, 6.07) is 3.90. The fourth-order valence-electron chi connectivity index (χ4n) is 3.47. The zero-order valence-electron chi connectivity index (χ0n) is 19.7. The average Bonchev–Trinajstić information content (AvgIpc) is 3.50. The molecule has 1 saturated heterocycles. The maximum Gasteiger partial charge on any atom is 0.490 e. The third-order valence-electron chi connectivity index (χ3n) is 5.34. The molecule has 1 aliphatic rings. The van der Waals surface area contributed by atoms with Crippen molar-refractivity contribution in [2.45, 2.75) is 76.7 Å². The standard InChI is InChI=1S/C21H28F3N3O2.C2HF3O2/c1-2-3-4-5-6-7-13-28-18-11-10-15(14-16(18)21(22,23)24)19-26-20(29-27-19)17-9-8-12-25-17;3-2(4,5)1(6)7/h10-11,14,17,25H,2-9,12-13H2,1H3;(H,6,7). The Kier molecular flexibility index (Phi) is 11.0. The fourth-order valence-corrected chi connectivity index (χ4v) is 3.47. The van der Waals surface area contributed by atoms with Crippen LogP contribution in [0.15, 0.2) is 22.7 Å². The van der Waals surface area contributed by atoms with E-state index in [9.17, 15) is 26.3 Å². The summed E-state index contributed by atoms with van der Waals surface area (Å²) in [7, 11) is 0. The van der Waals surface area contributed by atoms with Crippen LogP contribution in [0.3, 0.4) is 0 Å². The number of rotatable bonds is 10. The van der Waals surface area contributed by atoms with Gasteiger partial charge in [0.25, 0.3) is 0 Å². The van der Waals surface area contributed by atoms with Gasteiger partial charge in [0.2, 0.25) is 11.7 Å². The van der Waals surface area contributed by atoms with Crippen LogP contribution in [-0.2, 0) is 11.0 Å². The van der Waals surface area contributed by atoms with Gasteiger partial charge in [0.1, 0.15) is 5.75 Å². The third kappa shape index (κ3) is 9.32. The van der Waals surface area contributed by atoms with Gasteiger partial charge < -0.3 is 19.7 Å². The first-order valence-corrected chi connectivity index (χ1v) is 11.6. The van der Waals surface area contributed by atoms with Gasteiger partial charge in [0, 0.05) is 5.56 Å². The number of ether oxygens (including phenoxy) is 1. The molecule has 0 bridgehead atoms. The van der Waals surface area contributed by atoms with Crippen molar-refractivity contribution >= 4 is 5.97 Å². The van der Waals surface area contributed by atoms with Gasteiger partial charge >= 0.3 is 18.3 Å². The lowest BCUT2D eigenvalue weighted by Gasteiger charge is -2.14.